The number of nitro groups is 1. The monoisotopic (exact) mass is 471 g/mol. The Morgan fingerprint density at radius 2 is 1.70 bits per heavy atom. The van der Waals surface area contributed by atoms with Crippen LogP contribution in [0.25, 0.3) is 11.5 Å². The topological polar surface area (TPSA) is 125 Å². The Kier molecular flexibility index (Phi) is 5.41. The van der Waals surface area contributed by atoms with E-state index in [1.165, 1.54) is 30.3 Å². The van der Waals surface area contributed by atoms with Crippen LogP contribution in [0.5, 0.6) is 11.5 Å². The Labute approximate surface area is 189 Å². The number of fused-ring (bicyclic) bond motifs is 1. The van der Waals surface area contributed by atoms with Crippen LogP contribution >= 0.6 is 0 Å². The minimum Gasteiger partial charge on any atom is -0.486 e. The van der Waals surface area contributed by atoms with Crippen LogP contribution in [-0.2, 0) is 9.84 Å². The fourth-order valence-electron chi connectivity index (χ4n) is 4.00. The summed E-state index contributed by atoms with van der Waals surface area (Å²) >= 11 is 0. The largest absolute Gasteiger partial charge is 0.486 e. The van der Waals surface area contributed by atoms with Gasteiger partial charge in [0.05, 0.1) is 9.82 Å². The predicted molar refractivity (Wildman–Crippen MR) is 118 cm³/mol. The molecule has 0 bridgehead atoms. The van der Waals surface area contributed by atoms with E-state index in [-0.39, 0.29) is 32.9 Å². The molecule has 3 aromatic rings. The Hall–Kier alpha value is -3.60. The number of rotatable bonds is 5. The third-order valence-electron chi connectivity index (χ3n) is 5.63. The number of piperidine rings is 1. The molecule has 0 radical (unpaired) electrons. The fourth-order valence-corrected chi connectivity index (χ4v) is 5.34. The van der Waals surface area contributed by atoms with Crippen molar-refractivity contribution in [3.8, 4) is 23.0 Å². The van der Waals surface area contributed by atoms with Crippen molar-refractivity contribution < 1.29 is 27.2 Å². The van der Waals surface area contributed by atoms with Crippen LogP contribution in [0.1, 0.15) is 19.3 Å². The molecule has 2 aliphatic rings. The molecular weight excluding hydrogens is 450 g/mol. The molecule has 172 valence electrons. The lowest BCUT2D eigenvalue weighted by Crippen LogP contribution is -2.30. The number of benzene rings is 2. The standard InChI is InChI=1S/C22H21N3O7S/c26-25(27)17-7-3-2-6-16(17)20-23-21(22(32-20)24-10-4-1-5-11-24)33(28,29)15-8-9-18-19(14-15)31-13-12-30-18/h2-3,6-9,14H,1,4-5,10-13H2. The molecule has 11 heteroatoms. The van der Waals surface area contributed by atoms with Gasteiger partial charge in [0.1, 0.15) is 18.8 Å². The average molecular weight is 471 g/mol. The van der Waals surface area contributed by atoms with Gasteiger partial charge >= 0.3 is 0 Å². The zero-order chi connectivity index (χ0) is 23.0. The smallest absolute Gasteiger partial charge is 0.282 e. The molecule has 0 spiro atoms. The maximum absolute atomic E-state index is 13.7. The molecule has 0 unspecified atom stereocenters. The van der Waals surface area contributed by atoms with Crippen LogP contribution in [0.3, 0.4) is 0 Å². The van der Waals surface area contributed by atoms with Crippen molar-refractivity contribution in [2.24, 2.45) is 0 Å². The van der Waals surface area contributed by atoms with E-state index >= 15 is 0 Å². The number of aromatic nitrogens is 1. The summed E-state index contributed by atoms with van der Waals surface area (Å²) < 4.78 is 44.3. The van der Waals surface area contributed by atoms with E-state index in [2.05, 4.69) is 4.98 Å². The first kappa shape index (κ1) is 21.3. The summed E-state index contributed by atoms with van der Waals surface area (Å²) in [5, 5.41) is 11.3. The van der Waals surface area contributed by atoms with E-state index in [9.17, 15) is 18.5 Å². The molecule has 0 atom stereocenters. The van der Waals surface area contributed by atoms with Crippen LogP contribution in [0.2, 0.25) is 0 Å². The summed E-state index contributed by atoms with van der Waals surface area (Å²) in [4.78, 5) is 17.1. The van der Waals surface area contributed by atoms with Gasteiger partial charge in [-0.15, -0.1) is 0 Å². The molecular formula is C22H21N3O7S. The molecule has 2 aromatic carbocycles. The lowest BCUT2D eigenvalue weighted by Gasteiger charge is -2.26. The molecule has 3 heterocycles. The van der Waals surface area contributed by atoms with Gasteiger partial charge in [0, 0.05) is 25.2 Å². The SMILES string of the molecule is O=[N+]([O-])c1ccccc1-c1nc(S(=O)(=O)c2ccc3c(c2)OCCO3)c(N2CCCCC2)o1. The van der Waals surface area contributed by atoms with Crippen LogP contribution < -0.4 is 14.4 Å². The molecule has 0 aliphatic carbocycles. The fraction of sp³-hybridized carbons (Fsp3) is 0.318. The van der Waals surface area contributed by atoms with Gasteiger partial charge in [-0.25, -0.2) is 8.42 Å². The first-order valence-electron chi connectivity index (χ1n) is 10.6. The normalized spacial score (nSPS) is 15.9. The molecule has 1 fully saturated rings. The van der Waals surface area contributed by atoms with Crippen LogP contribution in [0.15, 0.2) is 56.8 Å². The zero-order valence-electron chi connectivity index (χ0n) is 17.6. The van der Waals surface area contributed by atoms with Crippen LogP contribution in [0.4, 0.5) is 11.6 Å². The number of anilines is 1. The summed E-state index contributed by atoms with van der Waals surface area (Å²) in [5.74, 6) is 0.790. The van der Waals surface area contributed by atoms with E-state index in [1.807, 2.05) is 4.90 Å². The maximum Gasteiger partial charge on any atom is 0.282 e. The van der Waals surface area contributed by atoms with Crippen molar-refractivity contribution in [1.82, 2.24) is 4.98 Å². The number of para-hydroxylation sites is 1. The molecule has 5 rings (SSSR count). The highest BCUT2D eigenvalue weighted by atomic mass is 32.2. The van der Waals surface area contributed by atoms with Crippen LogP contribution in [0, 0.1) is 10.1 Å². The highest BCUT2D eigenvalue weighted by Gasteiger charge is 2.34. The van der Waals surface area contributed by atoms with Crippen molar-refractivity contribution in [3.63, 3.8) is 0 Å². The average Bonchev–Trinajstić information content (AvgIpc) is 3.31. The molecule has 2 aliphatic heterocycles. The van der Waals surface area contributed by atoms with Crippen molar-refractivity contribution in [3.05, 3.63) is 52.6 Å². The van der Waals surface area contributed by atoms with Crippen molar-refractivity contribution in [1.29, 1.82) is 0 Å². The predicted octanol–water partition coefficient (Wildman–Crippen LogP) is 3.84. The summed E-state index contributed by atoms with van der Waals surface area (Å²) in [6.45, 7) is 1.92. The number of nitrogens with zero attached hydrogens (tertiary/aromatic N) is 3. The third-order valence-corrected chi connectivity index (χ3v) is 7.28. The van der Waals surface area contributed by atoms with Gasteiger partial charge in [0.15, 0.2) is 11.5 Å². The number of hydrogen-bond acceptors (Lipinski definition) is 9. The van der Waals surface area contributed by atoms with Gasteiger partial charge in [-0.2, -0.15) is 4.98 Å². The van der Waals surface area contributed by atoms with Crippen molar-refractivity contribution in [2.45, 2.75) is 29.2 Å². The second-order valence-corrected chi connectivity index (χ2v) is 9.63. The molecule has 0 saturated carbocycles. The molecule has 0 amide bonds. The Balaban J connectivity index is 1.65. The highest BCUT2D eigenvalue weighted by molar-refractivity contribution is 7.91. The Morgan fingerprint density at radius 3 is 2.45 bits per heavy atom. The first-order valence-corrected chi connectivity index (χ1v) is 12.1. The first-order chi connectivity index (χ1) is 15.9. The molecule has 0 N–H and O–H groups in total. The minimum atomic E-state index is -4.12. The van der Waals surface area contributed by atoms with Gasteiger partial charge in [-0.3, -0.25) is 10.1 Å². The lowest BCUT2D eigenvalue weighted by molar-refractivity contribution is -0.384. The maximum atomic E-state index is 13.7. The second kappa shape index (κ2) is 8.39. The van der Waals surface area contributed by atoms with Gasteiger partial charge in [0.2, 0.25) is 26.6 Å². The molecule has 1 aromatic heterocycles. The van der Waals surface area contributed by atoms with Crippen molar-refractivity contribution in [2.75, 3.05) is 31.2 Å². The Morgan fingerprint density at radius 1 is 0.970 bits per heavy atom. The third kappa shape index (κ3) is 3.88. The Bertz CT molecular complexity index is 1310. The lowest BCUT2D eigenvalue weighted by atomic mass is 10.1. The number of nitro benzene ring substituents is 1. The summed E-state index contributed by atoms with van der Waals surface area (Å²) in [6.07, 6.45) is 2.79. The number of sulfone groups is 1. The van der Waals surface area contributed by atoms with E-state index in [4.69, 9.17) is 13.9 Å². The number of oxazole rings is 1. The van der Waals surface area contributed by atoms with E-state index in [0.29, 0.717) is 37.8 Å². The van der Waals surface area contributed by atoms with Gasteiger partial charge in [-0.1, -0.05) is 12.1 Å². The molecule has 1 saturated heterocycles. The summed E-state index contributed by atoms with van der Waals surface area (Å²) in [5.41, 5.74) is -0.100. The van der Waals surface area contributed by atoms with Crippen molar-refractivity contribution >= 4 is 21.4 Å². The van der Waals surface area contributed by atoms with Gasteiger partial charge in [0.25, 0.3) is 5.69 Å². The molecule has 10 nitrogen and oxygen atoms in total. The minimum absolute atomic E-state index is 0.0209. The van der Waals surface area contributed by atoms with E-state index in [0.717, 1.165) is 19.3 Å². The van der Waals surface area contributed by atoms with E-state index in [1.54, 1.807) is 12.1 Å². The van der Waals surface area contributed by atoms with E-state index < -0.39 is 14.8 Å². The van der Waals surface area contributed by atoms with Gasteiger partial charge < -0.3 is 18.8 Å². The summed E-state index contributed by atoms with van der Waals surface area (Å²) in [6, 6.07) is 10.3. The van der Waals surface area contributed by atoms with Gasteiger partial charge in [-0.05, 0) is 37.5 Å². The highest BCUT2D eigenvalue weighted by Crippen LogP contribution is 2.40. The second-order valence-electron chi connectivity index (χ2n) is 7.76. The molecule has 33 heavy (non-hydrogen) atoms. The quantitative estimate of drug-likeness (QED) is 0.403. The summed E-state index contributed by atoms with van der Waals surface area (Å²) in [7, 11) is -4.12. The number of hydrogen-bond donors (Lipinski definition) is 0. The van der Waals surface area contributed by atoms with Crippen LogP contribution in [-0.4, -0.2) is 44.6 Å². The zero-order valence-corrected chi connectivity index (χ0v) is 18.4. The number of ether oxygens (including phenoxy) is 2.